The van der Waals surface area contributed by atoms with Gasteiger partial charge in [0, 0.05) is 12.0 Å². The van der Waals surface area contributed by atoms with Crippen molar-refractivity contribution in [2.45, 2.75) is 51.6 Å². The van der Waals surface area contributed by atoms with Crippen molar-refractivity contribution >= 4 is 17.8 Å². The van der Waals surface area contributed by atoms with E-state index in [9.17, 15) is 14.4 Å². The van der Waals surface area contributed by atoms with Gasteiger partial charge in [0.05, 0.1) is 19.1 Å². The molecule has 0 radical (unpaired) electrons. The van der Waals surface area contributed by atoms with Gasteiger partial charge < -0.3 is 14.8 Å². The zero-order chi connectivity index (χ0) is 20.4. The Kier molecular flexibility index (Phi) is 5.61. The molecule has 0 aliphatic heterocycles. The third-order valence-electron chi connectivity index (χ3n) is 6.91. The van der Waals surface area contributed by atoms with Crippen LogP contribution in [0.1, 0.15) is 60.9 Å². The van der Waals surface area contributed by atoms with Gasteiger partial charge in [0.25, 0.3) is 0 Å². The van der Waals surface area contributed by atoms with Crippen LogP contribution >= 0.6 is 0 Å². The first-order valence-electron chi connectivity index (χ1n) is 10.6. The van der Waals surface area contributed by atoms with E-state index >= 15 is 0 Å². The Balaban J connectivity index is 1.19. The number of carbonyl (C=O) groups excluding carboxylic acids is 3. The zero-order valence-electron chi connectivity index (χ0n) is 16.9. The molecule has 4 saturated carbocycles. The summed E-state index contributed by atoms with van der Waals surface area (Å²) in [6, 6.07) is 6.74. The molecule has 0 atom stereocenters. The lowest BCUT2D eigenvalue weighted by Gasteiger charge is -2.55. The van der Waals surface area contributed by atoms with Gasteiger partial charge in [0.15, 0.2) is 0 Å². The Morgan fingerprint density at radius 2 is 1.59 bits per heavy atom. The van der Waals surface area contributed by atoms with Gasteiger partial charge in [-0.2, -0.15) is 0 Å². The summed E-state index contributed by atoms with van der Waals surface area (Å²) >= 11 is 0. The molecule has 4 bridgehead atoms. The molecule has 6 heteroatoms. The third kappa shape index (κ3) is 4.31. The van der Waals surface area contributed by atoms with Crippen molar-refractivity contribution < 1.29 is 23.9 Å². The summed E-state index contributed by atoms with van der Waals surface area (Å²) < 4.78 is 9.94. The number of amides is 1. The van der Waals surface area contributed by atoms with E-state index in [1.807, 2.05) is 0 Å². The van der Waals surface area contributed by atoms with E-state index in [2.05, 4.69) is 10.1 Å². The molecule has 0 unspecified atom stereocenters. The predicted molar refractivity (Wildman–Crippen MR) is 106 cm³/mol. The lowest BCUT2D eigenvalue weighted by Crippen LogP contribution is -2.53. The molecule has 1 aromatic rings. The van der Waals surface area contributed by atoms with Crippen LogP contribution < -0.4 is 5.32 Å². The highest BCUT2D eigenvalue weighted by molar-refractivity contribution is 5.89. The van der Waals surface area contributed by atoms with Crippen molar-refractivity contribution in [3.63, 3.8) is 0 Å². The van der Waals surface area contributed by atoms with Gasteiger partial charge in [-0.05, 0) is 74.0 Å². The van der Waals surface area contributed by atoms with Gasteiger partial charge in [-0.25, -0.2) is 4.79 Å². The molecular weight excluding hydrogens is 370 g/mol. The summed E-state index contributed by atoms with van der Waals surface area (Å²) in [7, 11) is 1.33. The molecule has 4 fully saturated rings. The van der Waals surface area contributed by atoms with Gasteiger partial charge in [0.1, 0.15) is 6.61 Å². The van der Waals surface area contributed by atoms with Crippen LogP contribution in [-0.4, -0.2) is 31.5 Å². The van der Waals surface area contributed by atoms with E-state index in [1.165, 1.54) is 26.4 Å². The van der Waals surface area contributed by atoms with E-state index < -0.39 is 5.97 Å². The largest absolute Gasteiger partial charge is 0.465 e. The van der Waals surface area contributed by atoms with Gasteiger partial charge in [-0.15, -0.1) is 0 Å². The minimum atomic E-state index is -0.400. The number of hydrogen-bond acceptors (Lipinski definition) is 5. The van der Waals surface area contributed by atoms with Crippen LogP contribution in [0.3, 0.4) is 0 Å². The first-order chi connectivity index (χ1) is 14.0. The molecule has 4 aliphatic carbocycles. The Morgan fingerprint density at radius 1 is 1.00 bits per heavy atom. The lowest BCUT2D eigenvalue weighted by atomic mass is 9.49. The number of benzene rings is 1. The first-order valence-corrected chi connectivity index (χ1v) is 10.6. The second-order valence-corrected chi connectivity index (χ2v) is 9.05. The summed E-state index contributed by atoms with van der Waals surface area (Å²) in [4.78, 5) is 36.3. The molecule has 0 spiro atoms. The Labute approximate surface area is 171 Å². The van der Waals surface area contributed by atoms with Crippen molar-refractivity contribution in [2.75, 3.05) is 13.7 Å². The van der Waals surface area contributed by atoms with Gasteiger partial charge in [-0.1, -0.05) is 12.1 Å². The van der Waals surface area contributed by atoms with E-state index in [0.717, 1.165) is 42.6 Å². The van der Waals surface area contributed by atoms with Crippen LogP contribution in [0.4, 0.5) is 0 Å². The number of hydrogen-bond donors (Lipinski definition) is 1. The second kappa shape index (κ2) is 8.17. The van der Waals surface area contributed by atoms with E-state index in [1.54, 1.807) is 24.3 Å². The molecule has 6 nitrogen and oxygen atoms in total. The SMILES string of the molecule is COC(=O)c1ccc(COC(=O)CCNC(=O)C23CC4CC(CC(C4)C2)C3)cc1. The lowest BCUT2D eigenvalue weighted by molar-refractivity contribution is -0.147. The van der Waals surface area contributed by atoms with E-state index in [4.69, 9.17) is 4.74 Å². The van der Waals surface area contributed by atoms with Crippen LogP contribution in [0.5, 0.6) is 0 Å². The highest BCUT2D eigenvalue weighted by Crippen LogP contribution is 2.60. The monoisotopic (exact) mass is 399 g/mol. The Bertz CT molecular complexity index is 750. The maximum Gasteiger partial charge on any atom is 0.337 e. The minimum absolute atomic E-state index is 0.141. The minimum Gasteiger partial charge on any atom is -0.465 e. The van der Waals surface area contributed by atoms with Gasteiger partial charge in [0.2, 0.25) is 5.91 Å². The molecule has 1 N–H and O–H groups in total. The standard InChI is InChI=1S/C23H29NO5/c1-28-21(26)19-4-2-15(3-5-19)14-29-20(25)6-7-24-22(27)23-11-16-8-17(12-23)10-18(9-16)13-23/h2-5,16-18H,6-14H2,1H3,(H,24,27). The average molecular weight is 399 g/mol. The van der Waals surface area contributed by atoms with Crippen LogP contribution in [0.25, 0.3) is 0 Å². The van der Waals surface area contributed by atoms with E-state index in [0.29, 0.717) is 12.1 Å². The summed E-state index contributed by atoms with van der Waals surface area (Å²) in [6.07, 6.45) is 7.15. The van der Waals surface area contributed by atoms with Gasteiger partial charge >= 0.3 is 11.9 Å². The zero-order valence-corrected chi connectivity index (χ0v) is 16.9. The number of carbonyl (C=O) groups is 3. The molecule has 0 aromatic heterocycles. The van der Waals surface area contributed by atoms with Crippen LogP contribution in [0.15, 0.2) is 24.3 Å². The van der Waals surface area contributed by atoms with Crippen molar-refractivity contribution in [2.24, 2.45) is 23.2 Å². The highest BCUT2D eigenvalue weighted by atomic mass is 16.5. The molecule has 5 rings (SSSR count). The molecule has 1 amide bonds. The molecule has 156 valence electrons. The first kappa shape index (κ1) is 19.9. The molecule has 4 aliphatic rings. The quantitative estimate of drug-likeness (QED) is 0.712. The van der Waals surface area contributed by atoms with Crippen LogP contribution in [0, 0.1) is 23.2 Å². The Morgan fingerprint density at radius 3 is 2.14 bits per heavy atom. The number of rotatable bonds is 7. The van der Waals surface area contributed by atoms with Gasteiger partial charge in [-0.3, -0.25) is 9.59 Å². The Hall–Kier alpha value is -2.37. The average Bonchev–Trinajstić information content (AvgIpc) is 2.71. The molecule has 0 saturated heterocycles. The van der Waals surface area contributed by atoms with Crippen LogP contribution in [-0.2, 0) is 25.7 Å². The molecule has 29 heavy (non-hydrogen) atoms. The van der Waals surface area contributed by atoms with Crippen molar-refractivity contribution in [1.29, 1.82) is 0 Å². The summed E-state index contributed by atoms with van der Waals surface area (Å²) in [5.74, 6) is 1.58. The maximum atomic E-state index is 12.9. The van der Waals surface area contributed by atoms with Crippen molar-refractivity contribution in [3.05, 3.63) is 35.4 Å². The summed E-state index contributed by atoms with van der Waals surface area (Å²) in [6.45, 7) is 0.462. The number of methoxy groups -OCH3 is 1. The fraction of sp³-hybridized carbons (Fsp3) is 0.609. The molecular formula is C23H29NO5. The van der Waals surface area contributed by atoms with Crippen LogP contribution in [0.2, 0.25) is 0 Å². The third-order valence-corrected chi connectivity index (χ3v) is 6.91. The van der Waals surface area contributed by atoms with Crippen molar-refractivity contribution in [1.82, 2.24) is 5.32 Å². The molecule has 0 heterocycles. The van der Waals surface area contributed by atoms with E-state index in [-0.39, 0.29) is 30.3 Å². The molecule has 1 aromatic carbocycles. The predicted octanol–water partition coefficient (Wildman–Crippen LogP) is 3.24. The topological polar surface area (TPSA) is 81.7 Å². The smallest absolute Gasteiger partial charge is 0.337 e. The summed E-state index contributed by atoms with van der Waals surface area (Å²) in [5.41, 5.74) is 1.07. The maximum absolute atomic E-state index is 12.9. The fourth-order valence-corrected chi connectivity index (χ4v) is 5.95. The fourth-order valence-electron chi connectivity index (χ4n) is 5.95. The number of ether oxygens (including phenoxy) is 2. The number of nitrogens with one attached hydrogen (secondary N) is 1. The van der Waals surface area contributed by atoms with Crippen molar-refractivity contribution in [3.8, 4) is 0 Å². The number of esters is 2. The summed E-state index contributed by atoms with van der Waals surface area (Å²) in [5, 5.41) is 3.00. The normalized spacial score (nSPS) is 29.3. The highest BCUT2D eigenvalue weighted by Gasteiger charge is 2.54. The second-order valence-electron chi connectivity index (χ2n) is 9.05.